The van der Waals surface area contributed by atoms with Gasteiger partial charge in [0.1, 0.15) is 0 Å². The van der Waals surface area contributed by atoms with Gasteiger partial charge >= 0.3 is 24.3 Å². The molecule has 0 bridgehead atoms. The summed E-state index contributed by atoms with van der Waals surface area (Å²) in [5.41, 5.74) is 0.549. The highest BCUT2D eigenvalue weighted by Gasteiger charge is 2.67. The van der Waals surface area contributed by atoms with Gasteiger partial charge in [0.05, 0.1) is 17.8 Å². The van der Waals surface area contributed by atoms with E-state index in [1.165, 1.54) is 24.5 Å². The highest BCUT2D eigenvalue weighted by Crippen LogP contribution is 2.66. The first-order chi connectivity index (χ1) is 17.7. The minimum absolute atomic E-state index is 0.00320. The van der Waals surface area contributed by atoms with Gasteiger partial charge in [0.2, 0.25) is 0 Å². The van der Waals surface area contributed by atoms with Crippen molar-refractivity contribution in [3.63, 3.8) is 0 Å². The Hall–Kier alpha value is -3.18. The maximum absolute atomic E-state index is 13.1. The molecule has 1 unspecified atom stereocenters. The number of aryl methyl sites for hydroxylation is 2. The molecule has 2 N–H and O–H groups in total. The number of carboxylic acid groups (broad SMARTS) is 2. The van der Waals surface area contributed by atoms with E-state index < -0.39 is 48.0 Å². The van der Waals surface area contributed by atoms with Gasteiger partial charge in [0, 0.05) is 36.6 Å². The first-order valence-electron chi connectivity index (χ1n) is 12.1. The molecular weight excluding hydrogens is 518 g/mol. The SMILES string of the molecule is CCc1ccc(CCC(=O)O)cn1.FC(F)(F)C1CC1.O=C(O)CC(c1ccncc1)C1(C(F)(F)F)CC1. The first-order valence-corrected chi connectivity index (χ1v) is 12.1. The lowest BCUT2D eigenvalue weighted by atomic mass is 9.80. The van der Waals surface area contributed by atoms with E-state index >= 15 is 0 Å². The highest BCUT2D eigenvalue weighted by atomic mass is 19.4. The Bertz CT molecular complexity index is 1030. The summed E-state index contributed by atoms with van der Waals surface area (Å²) in [6.07, 6.45) is -1.89. The van der Waals surface area contributed by atoms with Gasteiger partial charge < -0.3 is 10.2 Å². The summed E-state index contributed by atoms with van der Waals surface area (Å²) in [6.45, 7) is 2.04. The monoisotopic (exact) mass is 548 g/mol. The topological polar surface area (TPSA) is 100 Å². The van der Waals surface area contributed by atoms with E-state index in [4.69, 9.17) is 10.2 Å². The van der Waals surface area contributed by atoms with Crippen molar-refractivity contribution in [2.45, 2.75) is 76.6 Å². The fraction of sp³-hybridized carbons (Fsp3) is 0.538. The fourth-order valence-electron chi connectivity index (χ4n) is 3.84. The van der Waals surface area contributed by atoms with E-state index in [0.29, 0.717) is 24.8 Å². The van der Waals surface area contributed by atoms with Crippen molar-refractivity contribution in [1.82, 2.24) is 9.97 Å². The average Bonchev–Trinajstić information content (AvgIpc) is 3.75. The summed E-state index contributed by atoms with van der Waals surface area (Å²) in [5.74, 6) is -3.96. The number of aromatic nitrogens is 2. The van der Waals surface area contributed by atoms with Crippen LogP contribution in [-0.2, 0) is 22.4 Å². The lowest BCUT2D eigenvalue weighted by Crippen LogP contribution is -2.32. The Labute approximate surface area is 216 Å². The Morgan fingerprint density at radius 2 is 1.61 bits per heavy atom. The Morgan fingerprint density at radius 1 is 1.00 bits per heavy atom. The van der Waals surface area contributed by atoms with Crippen LogP contribution < -0.4 is 0 Å². The van der Waals surface area contributed by atoms with Gasteiger partial charge in [-0.25, -0.2) is 0 Å². The lowest BCUT2D eigenvalue weighted by molar-refractivity contribution is -0.195. The molecule has 6 nitrogen and oxygen atoms in total. The number of aliphatic carboxylic acids is 2. The molecule has 2 aliphatic rings. The molecule has 0 radical (unpaired) electrons. The molecule has 210 valence electrons. The van der Waals surface area contributed by atoms with Crippen molar-refractivity contribution in [2.75, 3.05) is 0 Å². The van der Waals surface area contributed by atoms with Gasteiger partial charge in [-0.3, -0.25) is 19.6 Å². The number of hydrogen-bond acceptors (Lipinski definition) is 4. The summed E-state index contributed by atoms with van der Waals surface area (Å²) in [4.78, 5) is 29.0. The molecule has 12 heteroatoms. The Morgan fingerprint density at radius 3 is 1.95 bits per heavy atom. The summed E-state index contributed by atoms with van der Waals surface area (Å²) in [7, 11) is 0. The number of halogens is 6. The van der Waals surface area contributed by atoms with Crippen LogP contribution in [0.25, 0.3) is 0 Å². The molecule has 2 heterocycles. The second-order valence-electron chi connectivity index (χ2n) is 9.31. The predicted molar refractivity (Wildman–Crippen MR) is 125 cm³/mol. The Balaban J connectivity index is 0.000000220. The first kappa shape index (κ1) is 31.0. The number of carbonyl (C=O) groups is 2. The van der Waals surface area contributed by atoms with E-state index in [2.05, 4.69) is 9.97 Å². The predicted octanol–water partition coefficient (Wildman–Crippen LogP) is 6.60. The van der Waals surface area contributed by atoms with Crippen LogP contribution in [0.5, 0.6) is 0 Å². The number of hydrogen-bond donors (Lipinski definition) is 2. The fourth-order valence-corrected chi connectivity index (χ4v) is 3.84. The standard InChI is InChI=1S/C12H12F3NO2.C10H13NO2.C4H5F3/c13-12(14,15)11(3-4-11)9(7-10(17)18)8-1-5-16-6-2-8;1-2-9-5-3-8(7-11-9)4-6-10(12)13;5-4(6,7)3-1-2-3/h1-2,5-6,9H,3-4,7H2,(H,17,18);3,5,7H,2,4,6H2,1H3,(H,12,13);3H,1-2H2. The molecule has 38 heavy (non-hydrogen) atoms. The van der Waals surface area contributed by atoms with Crippen LogP contribution in [0.15, 0.2) is 42.9 Å². The van der Waals surface area contributed by atoms with E-state index in [1.54, 1.807) is 6.20 Å². The molecular formula is C26H30F6N2O4. The Kier molecular flexibility index (Phi) is 10.7. The maximum Gasteiger partial charge on any atom is 0.395 e. The van der Waals surface area contributed by atoms with E-state index in [-0.39, 0.29) is 19.3 Å². The van der Waals surface area contributed by atoms with Crippen molar-refractivity contribution >= 4 is 11.9 Å². The minimum atomic E-state index is -4.36. The highest BCUT2D eigenvalue weighted by molar-refractivity contribution is 5.68. The number of nitrogens with zero attached hydrogens (tertiary/aromatic N) is 2. The quantitative estimate of drug-likeness (QED) is 0.361. The van der Waals surface area contributed by atoms with Crippen molar-refractivity contribution in [3.05, 3.63) is 59.7 Å². The van der Waals surface area contributed by atoms with Gasteiger partial charge in [-0.2, -0.15) is 26.3 Å². The lowest BCUT2D eigenvalue weighted by Gasteiger charge is -2.28. The van der Waals surface area contributed by atoms with Crippen LogP contribution in [0.2, 0.25) is 0 Å². The zero-order chi connectivity index (χ0) is 28.6. The molecule has 2 fully saturated rings. The molecule has 0 spiro atoms. The van der Waals surface area contributed by atoms with Crippen LogP contribution in [0.4, 0.5) is 26.3 Å². The van der Waals surface area contributed by atoms with Crippen LogP contribution in [0, 0.1) is 11.3 Å². The van der Waals surface area contributed by atoms with Crippen LogP contribution in [-0.4, -0.2) is 44.5 Å². The second kappa shape index (κ2) is 13.1. The van der Waals surface area contributed by atoms with Crippen molar-refractivity contribution in [3.8, 4) is 0 Å². The molecule has 2 aromatic rings. The van der Waals surface area contributed by atoms with Gasteiger partial charge in [-0.05, 0) is 67.9 Å². The third kappa shape index (κ3) is 9.60. The molecule has 0 aliphatic heterocycles. The summed E-state index contributed by atoms with van der Waals surface area (Å²) in [6, 6.07) is 6.80. The van der Waals surface area contributed by atoms with Gasteiger partial charge in [-0.15, -0.1) is 0 Å². The number of rotatable bonds is 8. The minimum Gasteiger partial charge on any atom is -0.481 e. The summed E-state index contributed by atoms with van der Waals surface area (Å²) >= 11 is 0. The molecule has 2 aromatic heterocycles. The van der Waals surface area contributed by atoms with Crippen LogP contribution in [0.1, 0.15) is 68.2 Å². The number of carboxylic acids is 2. The third-order valence-corrected chi connectivity index (χ3v) is 6.42. The zero-order valence-electron chi connectivity index (χ0n) is 20.7. The number of alkyl halides is 6. The van der Waals surface area contributed by atoms with Gasteiger partial charge in [0.15, 0.2) is 0 Å². The molecule has 0 amide bonds. The second-order valence-corrected chi connectivity index (χ2v) is 9.31. The molecule has 2 saturated carbocycles. The third-order valence-electron chi connectivity index (χ3n) is 6.42. The number of pyridine rings is 2. The largest absolute Gasteiger partial charge is 0.481 e. The van der Waals surface area contributed by atoms with Gasteiger partial charge in [-0.1, -0.05) is 13.0 Å². The van der Waals surface area contributed by atoms with Crippen molar-refractivity contribution in [2.24, 2.45) is 11.3 Å². The van der Waals surface area contributed by atoms with E-state index in [0.717, 1.165) is 17.7 Å². The van der Waals surface area contributed by atoms with E-state index in [9.17, 15) is 35.9 Å². The normalized spacial score (nSPS) is 16.7. The van der Waals surface area contributed by atoms with Crippen molar-refractivity contribution < 1.29 is 46.1 Å². The molecule has 1 atom stereocenters. The molecule has 0 saturated heterocycles. The van der Waals surface area contributed by atoms with Crippen LogP contribution in [0.3, 0.4) is 0 Å². The smallest absolute Gasteiger partial charge is 0.395 e. The molecule has 2 aliphatic carbocycles. The zero-order valence-corrected chi connectivity index (χ0v) is 20.7. The van der Waals surface area contributed by atoms with Gasteiger partial charge in [0.25, 0.3) is 0 Å². The maximum atomic E-state index is 13.1. The van der Waals surface area contributed by atoms with Crippen LogP contribution >= 0.6 is 0 Å². The molecule has 0 aromatic carbocycles. The molecule has 4 rings (SSSR count). The summed E-state index contributed by atoms with van der Waals surface area (Å²) < 4.78 is 72.9. The van der Waals surface area contributed by atoms with Crippen molar-refractivity contribution in [1.29, 1.82) is 0 Å². The summed E-state index contributed by atoms with van der Waals surface area (Å²) in [5, 5.41) is 17.3. The van der Waals surface area contributed by atoms with E-state index in [1.807, 2.05) is 19.1 Å². The average molecular weight is 549 g/mol.